The van der Waals surface area contributed by atoms with Crippen molar-refractivity contribution in [3.63, 3.8) is 0 Å². The van der Waals surface area contributed by atoms with E-state index in [1.54, 1.807) is 36.0 Å². The Labute approximate surface area is 182 Å². The molecule has 8 heteroatoms. The number of nitrogens with two attached hydrogens (primary N) is 1. The Morgan fingerprint density at radius 1 is 1.00 bits per heavy atom. The van der Waals surface area contributed by atoms with Crippen LogP contribution in [-0.2, 0) is 15.4 Å². The van der Waals surface area contributed by atoms with Crippen molar-refractivity contribution in [2.45, 2.75) is 38.0 Å². The molecular weight excluding hydrogens is 410 g/mol. The second-order valence-corrected chi connectivity index (χ2v) is 10.2. The summed E-state index contributed by atoms with van der Waals surface area (Å²) in [5.41, 5.74) is 8.32. The number of hydrogen-bond acceptors (Lipinski definition) is 5. The Morgan fingerprint density at radius 3 is 2.29 bits per heavy atom. The maximum absolute atomic E-state index is 13.1. The minimum Gasteiger partial charge on any atom is -0.383 e. The van der Waals surface area contributed by atoms with Crippen LogP contribution in [0.3, 0.4) is 0 Å². The quantitative estimate of drug-likeness (QED) is 0.494. The number of hydrogen-bond donors (Lipinski definition) is 2. The summed E-state index contributed by atoms with van der Waals surface area (Å²) in [5, 5.41) is 6.10. The molecule has 7 nitrogen and oxygen atoms in total. The first-order chi connectivity index (χ1) is 14.6. The highest BCUT2D eigenvalue weighted by molar-refractivity contribution is 7.92. The average molecular weight is 436 g/mol. The third kappa shape index (κ3) is 3.98. The van der Waals surface area contributed by atoms with Gasteiger partial charge in [0.05, 0.1) is 22.5 Å². The van der Waals surface area contributed by atoms with Crippen molar-refractivity contribution < 1.29 is 8.42 Å². The molecule has 0 aliphatic rings. The van der Waals surface area contributed by atoms with Crippen LogP contribution < -0.4 is 10.5 Å². The third-order valence-electron chi connectivity index (χ3n) is 5.13. The van der Waals surface area contributed by atoms with Gasteiger partial charge in [-0.15, -0.1) is 0 Å². The molecule has 0 amide bonds. The fourth-order valence-corrected chi connectivity index (χ4v) is 4.49. The molecule has 0 atom stereocenters. The number of sulfonamides is 1. The van der Waals surface area contributed by atoms with Crippen molar-refractivity contribution in [3.8, 4) is 5.69 Å². The van der Waals surface area contributed by atoms with Crippen LogP contribution in [0, 0.1) is 6.92 Å². The van der Waals surface area contributed by atoms with E-state index in [0.29, 0.717) is 23.0 Å². The maximum Gasteiger partial charge on any atom is 0.263 e. The van der Waals surface area contributed by atoms with Crippen LogP contribution in [-0.4, -0.2) is 23.2 Å². The number of aromatic nitrogens is 3. The lowest BCUT2D eigenvalue weighted by molar-refractivity contribution is 0.587. The summed E-state index contributed by atoms with van der Waals surface area (Å²) in [4.78, 5) is 4.45. The van der Waals surface area contributed by atoms with Gasteiger partial charge in [0.2, 0.25) is 0 Å². The van der Waals surface area contributed by atoms with Gasteiger partial charge in [0, 0.05) is 16.8 Å². The highest BCUT2D eigenvalue weighted by Gasteiger charge is 2.21. The lowest BCUT2D eigenvalue weighted by atomic mass is 9.87. The molecule has 0 bridgehead atoms. The molecule has 0 aliphatic heterocycles. The fourth-order valence-electron chi connectivity index (χ4n) is 3.45. The zero-order chi connectivity index (χ0) is 22.4. The second kappa shape index (κ2) is 7.39. The van der Waals surface area contributed by atoms with Crippen LogP contribution >= 0.6 is 0 Å². The van der Waals surface area contributed by atoms with Crippen molar-refractivity contribution in [1.29, 1.82) is 0 Å². The smallest absolute Gasteiger partial charge is 0.263 e. The van der Waals surface area contributed by atoms with Gasteiger partial charge >= 0.3 is 0 Å². The first-order valence-electron chi connectivity index (χ1n) is 9.90. The van der Waals surface area contributed by atoms with Crippen molar-refractivity contribution in [1.82, 2.24) is 14.8 Å². The van der Waals surface area contributed by atoms with Crippen LogP contribution in [0.2, 0.25) is 0 Å². The van der Waals surface area contributed by atoms with E-state index in [4.69, 9.17) is 5.73 Å². The molecule has 160 valence electrons. The average Bonchev–Trinajstić information content (AvgIpc) is 3.07. The molecule has 0 spiro atoms. The number of benzene rings is 2. The van der Waals surface area contributed by atoms with Gasteiger partial charge in [-0.1, -0.05) is 57.2 Å². The summed E-state index contributed by atoms with van der Waals surface area (Å²) in [5.74, 6) is 0.735. The van der Waals surface area contributed by atoms with E-state index in [-0.39, 0.29) is 10.3 Å². The summed E-state index contributed by atoms with van der Waals surface area (Å²) in [7, 11) is -3.81. The third-order valence-corrected chi connectivity index (χ3v) is 6.50. The lowest BCUT2D eigenvalue weighted by Crippen LogP contribution is -2.17. The van der Waals surface area contributed by atoms with Crippen LogP contribution in [0.4, 0.5) is 11.6 Å². The van der Waals surface area contributed by atoms with E-state index in [0.717, 1.165) is 16.3 Å². The Kier molecular flexibility index (Phi) is 4.97. The van der Waals surface area contributed by atoms with Crippen LogP contribution in [0.5, 0.6) is 0 Å². The molecule has 0 fully saturated rings. The fraction of sp³-hybridized carbons (Fsp3) is 0.217. The normalized spacial score (nSPS) is 12.3. The number of fused-ring (bicyclic) bond motifs is 1. The molecule has 2 heterocycles. The van der Waals surface area contributed by atoms with Gasteiger partial charge in [-0.25, -0.2) is 18.1 Å². The number of nitrogen functional groups attached to an aromatic ring is 1. The number of aryl methyl sites for hydroxylation is 1. The van der Waals surface area contributed by atoms with E-state index >= 15 is 0 Å². The van der Waals surface area contributed by atoms with Crippen LogP contribution in [0.1, 0.15) is 32.0 Å². The van der Waals surface area contributed by atoms with Crippen molar-refractivity contribution >= 4 is 32.4 Å². The monoisotopic (exact) mass is 435 g/mol. The molecule has 3 N–H and O–H groups in total. The first kappa shape index (κ1) is 20.9. The summed E-state index contributed by atoms with van der Waals surface area (Å²) < 4.78 is 30.4. The SMILES string of the molecule is Cc1cc(NS(=O)(=O)c2ccc(C(C)(C)C)cc2)n(-c2cnc(N)c3ccccc23)n1. The lowest BCUT2D eigenvalue weighted by Gasteiger charge is -2.19. The maximum atomic E-state index is 13.1. The molecule has 0 aliphatic carbocycles. The molecule has 4 aromatic rings. The minimum absolute atomic E-state index is 0.0609. The van der Waals surface area contributed by atoms with Gasteiger partial charge in [-0.05, 0) is 30.0 Å². The predicted molar refractivity (Wildman–Crippen MR) is 124 cm³/mol. The van der Waals surface area contributed by atoms with Crippen LogP contribution in [0.25, 0.3) is 16.5 Å². The molecule has 0 radical (unpaired) electrons. The van der Waals surface area contributed by atoms with Crippen LogP contribution in [0.15, 0.2) is 65.7 Å². The summed E-state index contributed by atoms with van der Waals surface area (Å²) in [6.45, 7) is 8.06. The van der Waals surface area contributed by atoms with E-state index < -0.39 is 10.0 Å². The zero-order valence-electron chi connectivity index (χ0n) is 17.9. The van der Waals surface area contributed by atoms with E-state index in [1.165, 1.54) is 0 Å². The number of pyridine rings is 1. The predicted octanol–water partition coefficient (Wildman–Crippen LogP) is 4.41. The molecule has 0 unspecified atom stereocenters. The summed E-state index contributed by atoms with van der Waals surface area (Å²) in [6, 6.07) is 16.2. The van der Waals surface area contributed by atoms with Gasteiger partial charge in [-0.3, -0.25) is 4.72 Å². The van der Waals surface area contributed by atoms with E-state index in [2.05, 4.69) is 35.6 Å². The Balaban J connectivity index is 1.76. The van der Waals surface area contributed by atoms with Gasteiger partial charge in [0.15, 0.2) is 0 Å². The van der Waals surface area contributed by atoms with Crippen molar-refractivity contribution in [2.24, 2.45) is 0 Å². The Morgan fingerprint density at radius 2 is 1.65 bits per heavy atom. The largest absolute Gasteiger partial charge is 0.383 e. The molecule has 0 saturated heterocycles. The van der Waals surface area contributed by atoms with E-state index in [1.807, 2.05) is 36.4 Å². The topological polar surface area (TPSA) is 103 Å². The Bertz CT molecular complexity index is 1370. The van der Waals surface area contributed by atoms with Crippen molar-refractivity contribution in [2.75, 3.05) is 10.5 Å². The molecule has 2 aromatic carbocycles. The first-order valence-corrected chi connectivity index (χ1v) is 11.4. The molecule has 4 rings (SSSR count). The number of nitrogens with zero attached hydrogens (tertiary/aromatic N) is 3. The number of nitrogens with one attached hydrogen (secondary N) is 1. The molecule has 2 aromatic heterocycles. The zero-order valence-corrected chi connectivity index (χ0v) is 18.7. The summed E-state index contributed by atoms with van der Waals surface area (Å²) >= 11 is 0. The molecule has 31 heavy (non-hydrogen) atoms. The Hall–Kier alpha value is -3.39. The molecule has 0 saturated carbocycles. The standard InChI is InChI=1S/C23H25N5O2S/c1-15-13-21(27-31(29,30)17-11-9-16(10-12-17)23(2,3)4)28(26-15)20-14-25-22(24)19-8-6-5-7-18(19)20/h5-14,27H,1-4H3,(H2,24,25). The number of anilines is 2. The minimum atomic E-state index is -3.81. The highest BCUT2D eigenvalue weighted by atomic mass is 32.2. The van der Waals surface area contributed by atoms with Gasteiger partial charge in [0.1, 0.15) is 11.6 Å². The van der Waals surface area contributed by atoms with E-state index in [9.17, 15) is 8.42 Å². The van der Waals surface area contributed by atoms with Gasteiger partial charge in [-0.2, -0.15) is 5.10 Å². The summed E-state index contributed by atoms with van der Waals surface area (Å²) in [6.07, 6.45) is 1.60. The van der Waals surface area contributed by atoms with Gasteiger partial charge < -0.3 is 5.73 Å². The number of rotatable bonds is 4. The molecular formula is C23H25N5O2S. The van der Waals surface area contributed by atoms with Crippen molar-refractivity contribution in [3.05, 3.63) is 72.1 Å². The highest BCUT2D eigenvalue weighted by Crippen LogP contribution is 2.29. The second-order valence-electron chi connectivity index (χ2n) is 8.54. The van der Waals surface area contributed by atoms with Gasteiger partial charge in [0.25, 0.3) is 10.0 Å².